The number of carbonyl (C=O) groups is 3. The van der Waals surface area contributed by atoms with E-state index in [1.807, 2.05) is 6.92 Å². The van der Waals surface area contributed by atoms with E-state index in [2.05, 4.69) is 22.5 Å². The molecule has 2 rings (SSSR count). The Bertz CT molecular complexity index is 1010. The number of hydrogen-bond acceptors (Lipinski definition) is 6. The molecule has 36 heavy (non-hydrogen) atoms. The number of nitrogens with one attached hydrogen (secondary N) is 2. The fourth-order valence-electron chi connectivity index (χ4n) is 3.71. The van der Waals surface area contributed by atoms with E-state index in [9.17, 15) is 14.4 Å². The smallest absolute Gasteiger partial charge is 0.341 e. The lowest BCUT2D eigenvalue weighted by Gasteiger charge is -2.21. The van der Waals surface area contributed by atoms with Crippen LogP contribution in [0.2, 0.25) is 0 Å². The summed E-state index contributed by atoms with van der Waals surface area (Å²) < 4.78 is 5.60. The highest BCUT2D eigenvalue weighted by Gasteiger charge is 2.31. The van der Waals surface area contributed by atoms with Crippen LogP contribution < -0.4 is 15.5 Å². The summed E-state index contributed by atoms with van der Waals surface area (Å²) in [6.07, 6.45) is 10.0. The molecule has 0 spiro atoms. The van der Waals surface area contributed by atoms with Gasteiger partial charge in [0, 0.05) is 19.3 Å². The van der Waals surface area contributed by atoms with Crippen molar-refractivity contribution in [1.82, 2.24) is 10.3 Å². The molecule has 2 N–H and O–H groups in total. The SMILES string of the molecule is CCCCCCCCNC(=O)Nc1sc(C(=O)N(CC)c2cccnc2)c(C)c1C(=O)OC(C)(C)C. The minimum Gasteiger partial charge on any atom is -0.456 e. The summed E-state index contributed by atoms with van der Waals surface area (Å²) in [6.45, 7) is 12.1. The maximum absolute atomic E-state index is 13.5. The van der Waals surface area contributed by atoms with Gasteiger partial charge in [-0.05, 0) is 58.7 Å². The fraction of sp³-hybridized carbons (Fsp3) is 0.556. The topological polar surface area (TPSA) is 101 Å². The van der Waals surface area contributed by atoms with Gasteiger partial charge in [0.15, 0.2) is 0 Å². The highest BCUT2D eigenvalue weighted by atomic mass is 32.1. The van der Waals surface area contributed by atoms with Gasteiger partial charge < -0.3 is 15.0 Å². The lowest BCUT2D eigenvalue weighted by atomic mass is 10.1. The molecule has 0 unspecified atom stereocenters. The zero-order chi connectivity index (χ0) is 26.7. The number of aromatic nitrogens is 1. The first-order valence-corrected chi connectivity index (χ1v) is 13.5. The van der Waals surface area contributed by atoms with Gasteiger partial charge in [0.05, 0.1) is 22.3 Å². The van der Waals surface area contributed by atoms with Crippen molar-refractivity contribution in [3.8, 4) is 0 Å². The molecular formula is C27H40N4O4S. The van der Waals surface area contributed by atoms with Crippen LogP contribution in [0.25, 0.3) is 0 Å². The highest BCUT2D eigenvalue weighted by molar-refractivity contribution is 7.19. The highest BCUT2D eigenvalue weighted by Crippen LogP contribution is 2.36. The summed E-state index contributed by atoms with van der Waals surface area (Å²) in [6, 6.07) is 3.16. The molecule has 0 aliphatic carbocycles. The van der Waals surface area contributed by atoms with Gasteiger partial charge in [-0.3, -0.25) is 15.1 Å². The van der Waals surface area contributed by atoms with Crippen molar-refractivity contribution in [3.63, 3.8) is 0 Å². The molecule has 0 bridgehead atoms. The van der Waals surface area contributed by atoms with Gasteiger partial charge in [-0.2, -0.15) is 0 Å². The largest absolute Gasteiger partial charge is 0.456 e. The van der Waals surface area contributed by atoms with Crippen molar-refractivity contribution in [2.75, 3.05) is 23.3 Å². The van der Waals surface area contributed by atoms with Crippen LogP contribution in [0.4, 0.5) is 15.5 Å². The predicted octanol–water partition coefficient (Wildman–Crippen LogP) is 6.56. The second-order valence-electron chi connectivity index (χ2n) is 9.67. The molecule has 0 radical (unpaired) electrons. The Morgan fingerprint density at radius 3 is 2.39 bits per heavy atom. The molecule has 0 atom stereocenters. The van der Waals surface area contributed by atoms with Crippen LogP contribution in [0.5, 0.6) is 0 Å². The number of pyridine rings is 1. The van der Waals surface area contributed by atoms with Crippen LogP contribution >= 0.6 is 11.3 Å². The van der Waals surface area contributed by atoms with Gasteiger partial charge in [0.1, 0.15) is 10.6 Å². The first-order valence-electron chi connectivity index (χ1n) is 12.7. The number of amides is 3. The molecule has 0 saturated carbocycles. The van der Waals surface area contributed by atoms with E-state index in [-0.39, 0.29) is 11.5 Å². The number of esters is 1. The first-order chi connectivity index (χ1) is 17.1. The average molecular weight is 517 g/mol. The number of ether oxygens (including phenoxy) is 1. The van der Waals surface area contributed by atoms with Crippen molar-refractivity contribution >= 4 is 39.9 Å². The minimum atomic E-state index is -0.724. The second kappa shape index (κ2) is 14.0. The van der Waals surface area contributed by atoms with Crippen LogP contribution in [0.3, 0.4) is 0 Å². The number of anilines is 2. The Balaban J connectivity index is 2.24. The molecule has 8 nitrogen and oxygen atoms in total. The Hall–Kier alpha value is -2.94. The third-order valence-corrected chi connectivity index (χ3v) is 6.70. The number of unbranched alkanes of at least 4 members (excludes halogenated alkanes) is 5. The quantitative estimate of drug-likeness (QED) is 0.246. The molecule has 0 saturated heterocycles. The van der Waals surface area contributed by atoms with Gasteiger partial charge in [-0.25, -0.2) is 9.59 Å². The number of rotatable bonds is 12. The van der Waals surface area contributed by atoms with Crippen molar-refractivity contribution in [1.29, 1.82) is 0 Å². The van der Waals surface area contributed by atoms with E-state index in [1.165, 1.54) is 19.3 Å². The Labute approximate surface area is 218 Å². The Morgan fingerprint density at radius 1 is 1.08 bits per heavy atom. The van der Waals surface area contributed by atoms with Crippen LogP contribution in [0.15, 0.2) is 24.5 Å². The fourth-order valence-corrected chi connectivity index (χ4v) is 4.85. The molecule has 2 heterocycles. The van der Waals surface area contributed by atoms with Crippen LogP contribution in [-0.2, 0) is 4.74 Å². The molecule has 2 aromatic heterocycles. The monoisotopic (exact) mass is 516 g/mol. The third kappa shape index (κ3) is 8.62. The predicted molar refractivity (Wildman–Crippen MR) is 146 cm³/mol. The normalized spacial score (nSPS) is 11.2. The van der Waals surface area contributed by atoms with Crippen molar-refractivity contribution < 1.29 is 19.1 Å². The number of thiophene rings is 1. The van der Waals surface area contributed by atoms with Crippen molar-refractivity contribution in [2.45, 2.75) is 85.7 Å². The van der Waals surface area contributed by atoms with Crippen molar-refractivity contribution in [2.24, 2.45) is 0 Å². The maximum Gasteiger partial charge on any atom is 0.341 e. The second-order valence-corrected chi connectivity index (χ2v) is 10.7. The Kier molecular flexibility index (Phi) is 11.4. The molecule has 0 aliphatic heterocycles. The number of nitrogens with zero attached hydrogens (tertiary/aromatic N) is 2. The van der Waals surface area contributed by atoms with Crippen molar-refractivity contribution in [3.05, 3.63) is 40.5 Å². The lowest BCUT2D eigenvalue weighted by molar-refractivity contribution is 0.00705. The Morgan fingerprint density at radius 2 is 1.78 bits per heavy atom. The molecule has 3 amide bonds. The minimum absolute atomic E-state index is 0.204. The number of carbonyl (C=O) groups excluding carboxylic acids is 3. The zero-order valence-electron chi connectivity index (χ0n) is 22.4. The summed E-state index contributed by atoms with van der Waals surface area (Å²) in [5, 5.41) is 5.94. The van der Waals surface area contributed by atoms with E-state index >= 15 is 0 Å². The van der Waals surface area contributed by atoms with Crippen LogP contribution in [0, 0.1) is 6.92 Å². The molecule has 0 aromatic carbocycles. The summed E-state index contributed by atoms with van der Waals surface area (Å²) in [4.78, 5) is 45.3. The van der Waals surface area contributed by atoms with Crippen LogP contribution in [-0.4, -0.2) is 41.6 Å². The first kappa shape index (κ1) is 29.3. The number of hydrogen-bond donors (Lipinski definition) is 2. The average Bonchev–Trinajstić information content (AvgIpc) is 3.14. The van der Waals surface area contributed by atoms with Gasteiger partial charge >= 0.3 is 12.0 Å². The van der Waals surface area contributed by atoms with Gasteiger partial charge in [-0.15, -0.1) is 11.3 Å². The third-order valence-electron chi connectivity index (χ3n) is 5.51. The lowest BCUT2D eigenvalue weighted by Crippen LogP contribution is -2.30. The number of urea groups is 1. The molecular weight excluding hydrogens is 476 g/mol. The standard InChI is InChI=1S/C27H40N4O4S/c1-7-9-10-11-12-13-17-29-26(34)30-23-21(25(33)35-27(4,5)6)19(3)22(36-23)24(32)31(8-2)20-15-14-16-28-18-20/h14-16,18H,7-13,17H2,1-6H3,(H2,29,30,34). The molecule has 0 fully saturated rings. The summed E-state index contributed by atoms with van der Waals surface area (Å²) in [5.41, 5.74) is 0.615. The molecule has 198 valence electrons. The van der Waals surface area contributed by atoms with Crippen LogP contribution in [0.1, 0.15) is 98.7 Å². The van der Waals surface area contributed by atoms with E-state index < -0.39 is 17.6 Å². The summed E-state index contributed by atoms with van der Waals surface area (Å²) in [7, 11) is 0. The molecule has 0 aliphatic rings. The van der Waals surface area contributed by atoms with E-state index in [0.717, 1.165) is 30.6 Å². The van der Waals surface area contributed by atoms with Gasteiger partial charge in [0.25, 0.3) is 5.91 Å². The molecule has 2 aromatic rings. The summed E-state index contributed by atoms with van der Waals surface area (Å²) in [5.74, 6) is -0.843. The van der Waals surface area contributed by atoms with Gasteiger partial charge in [0.2, 0.25) is 0 Å². The van der Waals surface area contributed by atoms with E-state index in [4.69, 9.17) is 4.74 Å². The summed E-state index contributed by atoms with van der Waals surface area (Å²) >= 11 is 1.08. The van der Waals surface area contributed by atoms with E-state index in [0.29, 0.717) is 34.2 Å². The van der Waals surface area contributed by atoms with Gasteiger partial charge in [-0.1, -0.05) is 39.0 Å². The zero-order valence-corrected chi connectivity index (χ0v) is 23.2. The maximum atomic E-state index is 13.5. The molecule has 9 heteroatoms. The van der Waals surface area contributed by atoms with E-state index in [1.54, 1.807) is 57.1 Å².